The average molecular weight is 284 g/mol. The minimum Gasteiger partial charge on any atom is -0.453 e. The van der Waals surface area contributed by atoms with Gasteiger partial charge in [-0.2, -0.15) is 0 Å². The molecule has 5 heteroatoms. The third-order valence-electron chi connectivity index (χ3n) is 2.49. The Labute approximate surface area is 115 Å². The van der Waals surface area contributed by atoms with Crippen molar-refractivity contribution < 1.29 is 9.53 Å². The molecule has 1 aromatic heterocycles. The maximum atomic E-state index is 11.8. The largest absolute Gasteiger partial charge is 0.453 e. The molecule has 0 radical (unpaired) electrons. The summed E-state index contributed by atoms with van der Waals surface area (Å²) in [7, 11) is 0. The van der Waals surface area contributed by atoms with Gasteiger partial charge in [-0.05, 0) is 19.1 Å². The van der Waals surface area contributed by atoms with Gasteiger partial charge in [0.25, 0.3) is 0 Å². The lowest BCUT2D eigenvalue weighted by atomic mass is 10.1. The van der Waals surface area contributed by atoms with Crippen molar-refractivity contribution >= 4 is 29.2 Å². The van der Waals surface area contributed by atoms with Crippen molar-refractivity contribution in [2.45, 2.75) is 13.0 Å². The van der Waals surface area contributed by atoms with Crippen molar-refractivity contribution in [2.75, 3.05) is 0 Å². The molecule has 18 heavy (non-hydrogen) atoms. The number of halogens is 2. The zero-order chi connectivity index (χ0) is 13.1. The van der Waals surface area contributed by atoms with Gasteiger partial charge in [-0.15, -0.1) is 0 Å². The standard InChI is InChI=1S/C13H11Cl2NO2/c1-8(10-4-2-3-5-11(10)15)18-13(17)12-6-9(14)7-16-12/h2-8,16H,1H3. The molecule has 0 fully saturated rings. The first kappa shape index (κ1) is 13.0. The van der Waals surface area contributed by atoms with E-state index in [1.807, 2.05) is 18.2 Å². The summed E-state index contributed by atoms with van der Waals surface area (Å²) in [6.45, 7) is 1.77. The van der Waals surface area contributed by atoms with E-state index in [-0.39, 0.29) is 0 Å². The first-order chi connectivity index (χ1) is 8.58. The lowest BCUT2D eigenvalue weighted by Gasteiger charge is -2.14. The Bertz CT molecular complexity index is 566. The smallest absolute Gasteiger partial charge is 0.355 e. The second kappa shape index (κ2) is 5.46. The zero-order valence-electron chi connectivity index (χ0n) is 9.61. The fourth-order valence-corrected chi connectivity index (χ4v) is 2.03. The molecular formula is C13H11Cl2NO2. The maximum absolute atomic E-state index is 11.8. The van der Waals surface area contributed by atoms with Crippen molar-refractivity contribution in [3.63, 3.8) is 0 Å². The highest BCUT2D eigenvalue weighted by Gasteiger charge is 2.16. The Balaban J connectivity index is 2.10. The third kappa shape index (κ3) is 2.86. The van der Waals surface area contributed by atoms with Crippen LogP contribution in [0.5, 0.6) is 0 Å². The van der Waals surface area contributed by atoms with Crippen molar-refractivity contribution in [1.29, 1.82) is 0 Å². The summed E-state index contributed by atoms with van der Waals surface area (Å²) in [5, 5.41) is 1.04. The van der Waals surface area contributed by atoms with E-state index >= 15 is 0 Å². The van der Waals surface area contributed by atoms with E-state index in [4.69, 9.17) is 27.9 Å². The number of esters is 1. The van der Waals surface area contributed by atoms with Crippen LogP contribution in [0.4, 0.5) is 0 Å². The van der Waals surface area contributed by atoms with E-state index in [0.29, 0.717) is 15.7 Å². The molecule has 0 saturated carbocycles. The van der Waals surface area contributed by atoms with Gasteiger partial charge in [0.15, 0.2) is 0 Å². The quantitative estimate of drug-likeness (QED) is 0.856. The number of nitrogens with one attached hydrogen (secondary N) is 1. The van der Waals surface area contributed by atoms with Crippen LogP contribution in [0.1, 0.15) is 29.1 Å². The van der Waals surface area contributed by atoms with E-state index < -0.39 is 12.1 Å². The summed E-state index contributed by atoms with van der Waals surface area (Å²) in [5.41, 5.74) is 1.09. The first-order valence-corrected chi connectivity index (χ1v) is 6.13. The van der Waals surface area contributed by atoms with Crippen LogP contribution >= 0.6 is 23.2 Å². The Morgan fingerprint density at radius 1 is 1.33 bits per heavy atom. The lowest BCUT2D eigenvalue weighted by molar-refractivity contribution is 0.0332. The average Bonchev–Trinajstić information content (AvgIpc) is 2.76. The van der Waals surface area contributed by atoms with Crippen molar-refractivity contribution in [3.05, 3.63) is 57.8 Å². The Kier molecular flexibility index (Phi) is 3.94. The minimum atomic E-state index is -0.464. The molecule has 1 aromatic carbocycles. The van der Waals surface area contributed by atoms with Gasteiger partial charge >= 0.3 is 5.97 Å². The van der Waals surface area contributed by atoms with Gasteiger partial charge in [-0.3, -0.25) is 0 Å². The fourth-order valence-electron chi connectivity index (χ4n) is 1.58. The summed E-state index contributed by atoms with van der Waals surface area (Å²) in [6, 6.07) is 8.76. The van der Waals surface area contributed by atoms with E-state index in [1.165, 1.54) is 12.3 Å². The van der Waals surface area contributed by atoms with Gasteiger partial charge in [-0.25, -0.2) is 4.79 Å². The van der Waals surface area contributed by atoms with Crippen LogP contribution in [0.2, 0.25) is 10.0 Å². The summed E-state index contributed by atoms with van der Waals surface area (Å²) in [5.74, 6) is -0.464. The summed E-state index contributed by atoms with van der Waals surface area (Å²) >= 11 is 11.8. The van der Waals surface area contributed by atoms with Crippen LogP contribution in [-0.2, 0) is 4.74 Å². The van der Waals surface area contributed by atoms with Crippen molar-refractivity contribution in [1.82, 2.24) is 4.98 Å². The topological polar surface area (TPSA) is 42.1 Å². The second-order valence-electron chi connectivity index (χ2n) is 3.80. The molecule has 0 aliphatic heterocycles. The molecule has 1 N–H and O–H groups in total. The van der Waals surface area contributed by atoms with Crippen molar-refractivity contribution in [2.24, 2.45) is 0 Å². The van der Waals surface area contributed by atoms with Gasteiger partial charge in [0.2, 0.25) is 0 Å². The Hall–Kier alpha value is -1.45. The van der Waals surface area contributed by atoms with Gasteiger partial charge in [-0.1, -0.05) is 41.4 Å². The molecule has 2 aromatic rings. The molecule has 3 nitrogen and oxygen atoms in total. The van der Waals surface area contributed by atoms with Gasteiger partial charge in [0.05, 0.1) is 5.02 Å². The summed E-state index contributed by atoms with van der Waals surface area (Å²) < 4.78 is 5.30. The number of carbonyl (C=O) groups is 1. The Morgan fingerprint density at radius 3 is 2.67 bits per heavy atom. The number of aromatic amines is 1. The molecule has 1 unspecified atom stereocenters. The lowest BCUT2D eigenvalue weighted by Crippen LogP contribution is -2.09. The molecule has 0 saturated heterocycles. The number of aromatic nitrogens is 1. The minimum absolute atomic E-state index is 0.318. The predicted octanol–water partition coefficient (Wildman–Crippen LogP) is 4.24. The fraction of sp³-hybridized carbons (Fsp3) is 0.154. The number of ether oxygens (including phenoxy) is 1. The molecule has 1 atom stereocenters. The summed E-state index contributed by atoms with van der Waals surface area (Å²) in [4.78, 5) is 14.5. The molecule has 0 spiro atoms. The first-order valence-electron chi connectivity index (χ1n) is 5.37. The number of hydrogen-bond donors (Lipinski definition) is 1. The van der Waals surface area contributed by atoms with E-state index in [0.717, 1.165) is 5.56 Å². The number of H-pyrrole nitrogens is 1. The molecule has 0 aliphatic carbocycles. The molecule has 2 rings (SSSR count). The SMILES string of the molecule is CC(OC(=O)c1cc(Cl)c[nH]1)c1ccccc1Cl. The number of benzene rings is 1. The molecule has 94 valence electrons. The number of hydrogen-bond acceptors (Lipinski definition) is 2. The highest BCUT2D eigenvalue weighted by atomic mass is 35.5. The van der Waals surface area contributed by atoms with Gasteiger partial charge in [0, 0.05) is 16.8 Å². The second-order valence-corrected chi connectivity index (χ2v) is 4.64. The molecule has 0 bridgehead atoms. The van der Waals surface area contributed by atoms with Crippen LogP contribution in [0.25, 0.3) is 0 Å². The normalized spacial score (nSPS) is 12.2. The van der Waals surface area contributed by atoms with E-state index in [9.17, 15) is 4.79 Å². The zero-order valence-corrected chi connectivity index (χ0v) is 11.1. The molecule has 0 amide bonds. The van der Waals surface area contributed by atoms with Gasteiger partial charge in [0.1, 0.15) is 11.8 Å². The van der Waals surface area contributed by atoms with Crippen LogP contribution in [0.15, 0.2) is 36.5 Å². The van der Waals surface area contributed by atoms with Crippen LogP contribution in [0.3, 0.4) is 0 Å². The van der Waals surface area contributed by atoms with Gasteiger partial charge < -0.3 is 9.72 Å². The van der Waals surface area contributed by atoms with Crippen LogP contribution < -0.4 is 0 Å². The molecular weight excluding hydrogens is 273 g/mol. The monoisotopic (exact) mass is 283 g/mol. The highest BCUT2D eigenvalue weighted by molar-refractivity contribution is 6.31. The Morgan fingerprint density at radius 2 is 2.06 bits per heavy atom. The summed E-state index contributed by atoms with van der Waals surface area (Å²) in [6.07, 6.45) is 1.10. The number of carbonyl (C=O) groups excluding carboxylic acids is 1. The maximum Gasteiger partial charge on any atom is 0.355 e. The third-order valence-corrected chi connectivity index (χ3v) is 3.06. The van der Waals surface area contributed by atoms with Crippen LogP contribution in [0, 0.1) is 0 Å². The predicted molar refractivity (Wildman–Crippen MR) is 71.1 cm³/mol. The molecule has 1 heterocycles. The molecule has 0 aliphatic rings. The van der Waals surface area contributed by atoms with Crippen molar-refractivity contribution in [3.8, 4) is 0 Å². The van der Waals surface area contributed by atoms with Crippen LogP contribution in [-0.4, -0.2) is 11.0 Å². The highest BCUT2D eigenvalue weighted by Crippen LogP contribution is 2.25. The van der Waals surface area contributed by atoms with E-state index in [2.05, 4.69) is 4.98 Å². The number of rotatable bonds is 3. The van der Waals surface area contributed by atoms with E-state index in [1.54, 1.807) is 13.0 Å².